The monoisotopic (exact) mass is 721 g/mol. The van der Waals surface area contributed by atoms with Crippen LogP contribution in [0.2, 0.25) is 0 Å². The largest absolute Gasteiger partial charge is 0.480 e. The number of carboxylic acids is 1. The van der Waals surface area contributed by atoms with Gasteiger partial charge < -0.3 is 25.2 Å². The Kier molecular flexibility index (Phi) is 32.6. The smallest absolute Gasteiger partial charge is 0.472 e. The van der Waals surface area contributed by atoms with E-state index < -0.39 is 57.6 Å². The number of unbranched alkanes of at least 4 members (excludes halogenated alkanes) is 23. The molecule has 12 heteroatoms. The van der Waals surface area contributed by atoms with E-state index in [9.17, 15) is 34.1 Å². The minimum atomic E-state index is -4.74. The second kappa shape index (κ2) is 33.6. The Morgan fingerprint density at radius 1 is 0.571 bits per heavy atom. The summed E-state index contributed by atoms with van der Waals surface area (Å²) in [5, 5.41) is 21.7. The molecule has 1 amide bonds. The molecule has 3 atom stereocenters. The lowest BCUT2D eigenvalue weighted by Gasteiger charge is -2.18. The molecule has 0 radical (unpaired) electrons. The number of aliphatic carboxylic acids is 1. The number of aliphatic hydroxyl groups is 1. The van der Waals surface area contributed by atoms with Crippen molar-refractivity contribution in [2.45, 2.75) is 199 Å². The first kappa shape index (κ1) is 47.5. The predicted molar refractivity (Wildman–Crippen MR) is 194 cm³/mol. The third-order valence-corrected chi connectivity index (χ3v) is 9.60. The summed E-state index contributed by atoms with van der Waals surface area (Å²) in [7, 11) is -4.74. The molecule has 11 nitrogen and oxygen atoms in total. The standard InChI is InChI=1S/C37H72NO10P/c1-3-5-7-9-11-13-15-17-19-21-23-25-27-29-36(41)46-30-33(39)31-47-49(44,45)48-32-34(37(42)43)38-35(40)28-26-24-22-20-18-16-14-12-10-8-6-4-2/h33-34,39H,3-32H2,1-2H3,(H,38,40)(H,42,43)(H,44,45). The Balaban J connectivity index is 3.93. The molecule has 3 unspecified atom stereocenters. The van der Waals surface area contributed by atoms with Crippen LogP contribution in [0.3, 0.4) is 0 Å². The van der Waals surface area contributed by atoms with E-state index in [0.717, 1.165) is 38.5 Å². The van der Waals surface area contributed by atoms with Gasteiger partial charge in [-0.25, -0.2) is 9.36 Å². The van der Waals surface area contributed by atoms with Crippen LogP contribution in [-0.4, -0.2) is 64.9 Å². The Bertz CT molecular complexity index is 859. The number of amides is 1. The van der Waals surface area contributed by atoms with Gasteiger partial charge in [0.2, 0.25) is 5.91 Å². The van der Waals surface area contributed by atoms with Crippen molar-refractivity contribution >= 4 is 25.7 Å². The number of ether oxygens (including phenoxy) is 1. The second-order valence-corrected chi connectivity index (χ2v) is 14.9. The molecule has 0 fully saturated rings. The van der Waals surface area contributed by atoms with Gasteiger partial charge in [-0.1, -0.05) is 162 Å². The molecular weight excluding hydrogens is 649 g/mol. The number of esters is 1. The lowest BCUT2D eigenvalue weighted by atomic mass is 10.0. The highest BCUT2D eigenvalue weighted by Gasteiger charge is 2.28. The Hall–Kier alpha value is -1.52. The van der Waals surface area contributed by atoms with Gasteiger partial charge >= 0.3 is 19.8 Å². The summed E-state index contributed by atoms with van der Waals surface area (Å²) in [6, 6.07) is -1.54. The summed E-state index contributed by atoms with van der Waals surface area (Å²) in [5.41, 5.74) is 0. The van der Waals surface area contributed by atoms with E-state index in [1.54, 1.807) is 0 Å². The van der Waals surface area contributed by atoms with Gasteiger partial charge in [-0.3, -0.25) is 18.6 Å². The average Bonchev–Trinajstić information content (AvgIpc) is 3.07. The minimum Gasteiger partial charge on any atom is -0.480 e. The molecular formula is C37H72NO10P. The van der Waals surface area contributed by atoms with Gasteiger partial charge in [0.25, 0.3) is 0 Å². The zero-order chi connectivity index (χ0) is 36.4. The number of phosphoric acid groups is 1. The molecule has 0 saturated heterocycles. The summed E-state index contributed by atoms with van der Waals surface area (Å²) in [4.78, 5) is 45.7. The van der Waals surface area contributed by atoms with Crippen molar-refractivity contribution < 1.29 is 47.8 Å². The number of aliphatic hydroxyl groups excluding tert-OH is 1. The third-order valence-electron chi connectivity index (χ3n) is 8.65. The molecule has 0 saturated carbocycles. The maximum atomic E-state index is 12.2. The molecule has 4 N–H and O–H groups in total. The molecule has 0 aliphatic carbocycles. The number of carbonyl (C=O) groups excluding carboxylic acids is 2. The zero-order valence-electron chi connectivity index (χ0n) is 31.0. The summed E-state index contributed by atoms with van der Waals surface area (Å²) in [6.45, 7) is 2.58. The first-order chi connectivity index (χ1) is 23.6. The number of hydrogen-bond acceptors (Lipinski definition) is 8. The lowest BCUT2D eigenvalue weighted by molar-refractivity contribution is -0.147. The molecule has 0 aromatic carbocycles. The number of rotatable bonds is 37. The summed E-state index contributed by atoms with van der Waals surface area (Å²) < 4.78 is 26.7. The fourth-order valence-corrected chi connectivity index (χ4v) is 6.32. The molecule has 0 aromatic rings. The highest BCUT2D eigenvalue weighted by molar-refractivity contribution is 7.47. The predicted octanol–water partition coefficient (Wildman–Crippen LogP) is 9.17. The second-order valence-electron chi connectivity index (χ2n) is 13.5. The first-order valence-electron chi connectivity index (χ1n) is 19.6. The van der Waals surface area contributed by atoms with E-state index in [-0.39, 0.29) is 12.8 Å². The lowest BCUT2D eigenvalue weighted by Crippen LogP contribution is -2.43. The summed E-state index contributed by atoms with van der Waals surface area (Å²) >= 11 is 0. The molecule has 0 aliphatic heterocycles. The molecule has 0 rings (SSSR count). The van der Waals surface area contributed by atoms with Gasteiger partial charge in [-0.2, -0.15) is 0 Å². The highest BCUT2D eigenvalue weighted by Crippen LogP contribution is 2.43. The van der Waals surface area contributed by atoms with E-state index in [1.165, 1.54) is 109 Å². The summed E-state index contributed by atoms with van der Waals surface area (Å²) in [5.74, 6) is -2.36. The Morgan fingerprint density at radius 2 is 0.939 bits per heavy atom. The highest BCUT2D eigenvalue weighted by atomic mass is 31.2. The minimum absolute atomic E-state index is 0.152. The number of phosphoric ester groups is 1. The number of nitrogens with one attached hydrogen (secondary N) is 1. The topological polar surface area (TPSA) is 169 Å². The van der Waals surface area contributed by atoms with E-state index >= 15 is 0 Å². The molecule has 0 bridgehead atoms. The van der Waals surface area contributed by atoms with Crippen LogP contribution in [0.4, 0.5) is 0 Å². The fraction of sp³-hybridized carbons (Fsp3) is 0.919. The van der Waals surface area contributed by atoms with E-state index in [0.29, 0.717) is 12.8 Å². The van der Waals surface area contributed by atoms with Crippen LogP contribution in [0.5, 0.6) is 0 Å². The van der Waals surface area contributed by atoms with Gasteiger partial charge in [0, 0.05) is 12.8 Å². The number of carboxylic acid groups (broad SMARTS) is 1. The molecule has 49 heavy (non-hydrogen) atoms. The van der Waals surface area contributed by atoms with Crippen molar-refractivity contribution in [3.8, 4) is 0 Å². The van der Waals surface area contributed by atoms with Gasteiger partial charge in [0.05, 0.1) is 13.2 Å². The molecule has 0 heterocycles. The maximum absolute atomic E-state index is 12.2. The quantitative estimate of drug-likeness (QED) is 0.0276. The van der Waals surface area contributed by atoms with Crippen molar-refractivity contribution in [2.75, 3.05) is 19.8 Å². The molecule has 290 valence electrons. The first-order valence-corrected chi connectivity index (χ1v) is 21.1. The van der Waals surface area contributed by atoms with Crippen LogP contribution in [-0.2, 0) is 32.7 Å². The van der Waals surface area contributed by atoms with Crippen LogP contribution in [0.25, 0.3) is 0 Å². The number of carbonyl (C=O) groups is 3. The normalized spacial score (nSPS) is 13.9. The Morgan fingerprint density at radius 3 is 1.35 bits per heavy atom. The average molecular weight is 722 g/mol. The number of hydrogen-bond donors (Lipinski definition) is 4. The maximum Gasteiger partial charge on any atom is 0.472 e. The Labute approximate surface area is 297 Å². The van der Waals surface area contributed by atoms with E-state index in [4.69, 9.17) is 13.8 Å². The van der Waals surface area contributed by atoms with Gasteiger partial charge in [0.1, 0.15) is 12.7 Å². The molecule has 0 spiro atoms. The fourth-order valence-electron chi connectivity index (χ4n) is 5.55. The van der Waals surface area contributed by atoms with Crippen LogP contribution in [0.15, 0.2) is 0 Å². The van der Waals surface area contributed by atoms with Crippen molar-refractivity contribution in [1.29, 1.82) is 0 Å². The third kappa shape index (κ3) is 33.4. The van der Waals surface area contributed by atoms with Gasteiger partial charge in [-0.05, 0) is 12.8 Å². The summed E-state index contributed by atoms with van der Waals surface area (Å²) in [6.07, 6.45) is 28.4. The van der Waals surface area contributed by atoms with Gasteiger partial charge in [0.15, 0.2) is 6.04 Å². The van der Waals surface area contributed by atoms with Crippen LogP contribution in [0.1, 0.15) is 187 Å². The molecule has 0 aromatic heterocycles. The van der Waals surface area contributed by atoms with E-state index in [1.807, 2.05) is 0 Å². The zero-order valence-corrected chi connectivity index (χ0v) is 31.9. The van der Waals surface area contributed by atoms with Crippen molar-refractivity contribution in [3.05, 3.63) is 0 Å². The van der Waals surface area contributed by atoms with E-state index in [2.05, 4.69) is 19.2 Å². The molecule has 0 aliphatic rings. The van der Waals surface area contributed by atoms with Gasteiger partial charge in [-0.15, -0.1) is 0 Å². The van der Waals surface area contributed by atoms with Crippen LogP contribution in [0, 0.1) is 0 Å². The van der Waals surface area contributed by atoms with Crippen LogP contribution < -0.4 is 5.32 Å². The van der Waals surface area contributed by atoms with Crippen LogP contribution >= 0.6 is 7.82 Å². The van der Waals surface area contributed by atoms with Crippen molar-refractivity contribution in [3.63, 3.8) is 0 Å². The SMILES string of the molecule is CCCCCCCCCCCCCCCC(=O)OCC(O)COP(=O)(O)OCC(NC(=O)CCCCCCCCCCCCCC)C(=O)O. The van der Waals surface area contributed by atoms with Crippen molar-refractivity contribution in [2.24, 2.45) is 0 Å². The van der Waals surface area contributed by atoms with Crippen molar-refractivity contribution in [1.82, 2.24) is 5.32 Å².